The first-order chi connectivity index (χ1) is 10.1. The Labute approximate surface area is 137 Å². The molecule has 22 heavy (non-hydrogen) atoms. The lowest BCUT2D eigenvalue weighted by Crippen LogP contribution is -2.47. The van der Waals surface area contributed by atoms with E-state index in [1.165, 1.54) is 36.1 Å². The van der Waals surface area contributed by atoms with Crippen molar-refractivity contribution in [2.24, 2.45) is 5.41 Å². The minimum Gasteiger partial charge on any atom is -0.385 e. The average Bonchev–Trinajstić information content (AvgIpc) is 2.34. The number of fused-ring (bicyclic) bond motifs is 1. The standard InChI is InChI=1S/C20H34N2/c1-15(22-20(5,6)14-19(2,3)4)12-16-9-10-18-17(13-16)8-7-11-21-18/h9-10,13,15,21-22H,7-8,11-12,14H2,1-6H3. The number of aryl methyl sites for hydroxylation is 1. The quantitative estimate of drug-likeness (QED) is 0.818. The van der Waals surface area contributed by atoms with Crippen molar-refractivity contribution in [3.05, 3.63) is 29.3 Å². The van der Waals surface area contributed by atoms with E-state index < -0.39 is 0 Å². The zero-order chi connectivity index (χ0) is 16.4. The van der Waals surface area contributed by atoms with Crippen LogP contribution in [0.5, 0.6) is 0 Å². The Balaban J connectivity index is 1.95. The number of rotatable bonds is 5. The maximum atomic E-state index is 3.83. The summed E-state index contributed by atoms with van der Waals surface area (Å²) in [5, 5.41) is 7.32. The molecule has 1 aliphatic heterocycles. The number of nitrogens with one attached hydrogen (secondary N) is 2. The van der Waals surface area contributed by atoms with E-state index >= 15 is 0 Å². The third kappa shape index (κ3) is 5.31. The molecule has 124 valence electrons. The molecular weight excluding hydrogens is 268 g/mol. The highest BCUT2D eigenvalue weighted by molar-refractivity contribution is 5.54. The SMILES string of the molecule is CC(Cc1ccc2c(c1)CCCN2)NC(C)(C)CC(C)(C)C. The zero-order valence-corrected chi connectivity index (χ0v) is 15.3. The number of hydrogen-bond acceptors (Lipinski definition) is 2. The van der Waals surface area contributed by atoms with Gasteiger partial charge in [0.05, 0.1) is 0 Å². The molecule has 0 saturated heterocycles. The Bertz CT molecular complexity index is 497. The van der Waals surface area contributed by atoms with Crippen LogP contribution in [0, 0.1) is 5.41 Å². The summed E-state index contributed by atoms with van der Waals surface area (Å²) in [6, 6.07) is 7.44. The summed E-state index contributed by atoms with van der Waals surface area (Å²) in [5.74, 6) is 0. The van der Waals surface area contributed by atoms with Crippen LogP contribution in [-0.4, -0.2) is 18.1 Å². The van der Waals surface area contributed by atoms with Gasteiger partial charge in [-0.3, -0.25) is 0 Å². The van der Waals surface area contributed by atoms with Crippen LogP contribution in [0.2, 0.25) is 0 Å². The van der Waals surface area contributed by atoms with Gasteiger partial charge in [0.25, 0.3) is 0 Å². The van der Waals surface area contributed by atoms with Crippen LogP contribution in [0.25, 0.3) is 0 Å². The molecule has 2 nitrogen and oxygen atoms in total. The fourth-order valence-corrected chi connectivity index (χ4v) is 4.10. The second kappa shape index (κ2) is 6.62. The number of anilines is 1. The third-order valence-electron chi connectivity index (χ3n) is 4.26. The van der Waals surface area contributed by atoms with E-state index in [1.807, 2.05) is 0 Å². The van der Waals surface area contributed by atoms with Crippen molar-refractivity contribution >= 4 is 5.69 Å². The minimum atomic E-state index is 0.174. The Morgan fingerprint density at radius 3 is 2.59 bits per heavy atom. The molecule has 1 unspecified atom stereocenters. The Kier molecular flexibility index (Phi) is 5.21. The fraction of sp³-hybridized carbons (Fsp3) is 0.700. The molecule has 1 atom stereocenters. The maximum Gasteiger partial charge on any atom is 0.0372 e. The molecule has 0 saturated carbocycles. The minimum absolute atomic E-state index is 0.174. The lowest BCUT2D eigenvalue weighted by molar-refractivity contribution is 0.226. The van der Waals surface area contributed by atoms with Gasteiger partial charge in [-0.25, -0.2) is 0 Å². The summed E-state index contributed by atoms with van der Waals surface area (Å²) in [6.07, 6.45) is 4.75. The van der Waals surface area contributed by atoms with Crippen LogP contribution in [0.1, 0.15) is 65.5 Å². The van der Waals surface area contributed by atoms with Crippen molar-refractivity contribution in [1.82, 2.24) is 5.32 Å². The second-order valence-electron chi connectivity index (χ2n) is 8.89. The van der Waals surface area contributed by atoms with Gasteiger partial charge in [-0.2, -0.15) is 0 Å². The van der Waals surface area contributed by atoms with Crippen LogP contribution in [0.15, 0.2) is 18.2 Å². The molecule has 0 radical (unpaired) electrons. The maximum absolute atomic E-state index is 3.83. The molecule has 1 aliphatic rings. The molecule has 2 N–H and O–H groups in total. The lowest BCUT2D eigenvalue weighted by atomic mass is 9.81. The predicted molar refractivity (Wildman–Crippen MR) is 97.7 cm³/mol. The number of hydrogen-bond donors (Lipinski definition) is 2. The van der Waals surface area contributed by atoms with Crippen molar-refractivity contribution in [2.75, 3.05) is 11.9 Å². The molecule has 0 amide bonds. The van der Waals surface area contributed by atoms with Crippen molar-refractivity contribution < 1.29 is 0 Å². The molecule has 0 spiro atoms. The topological polar surface area (TPSA) is 24.1 Å². The number of benzene rings is 1. The Hall–Kier alpha value is -1.02. The molecule has 2 heteroatoms. The molecule has 1 heterocycles. The van der Waals surface area contributed by atoms with Crippen molar-refractivity contribution in [1.29, 1.82) is 0 Å². The summed E-state index contributed by atoms with van der Waals surface area (Å²) < 4.78 is 0. The van der Waals surface area contributed by atoms with Gasteiger partial charge in [0.15, 0.2) is 0 Å². The normalized spacial score (nSPS) is 16.8. The highest BCUT2D eigenvalue weighted by atomic mass is 15.0. The first-order valence-electron chi connectivity index (χ1n) is 8.78. The van der Waals surface area contributed by atoms with E-state index in [4.69, 9.17) is 0 Å². The van der Waals surface area contributed by atoms with E-state index in [0.717, 1.165) is 13.0 Å². The van der Waals surface area contributed by atoms with Gasteiger partial charge in [-0.05, 0) is 69.1 Å². The fourth-order valence-electron chi connectivity index (χ4n) is 4.10. The van der Waals surface area contributed by atoms with E-state index in [1.54, 1.807) is 0 Å². The smallest absolute Gasteiger partial charge is 0.0372 e. The summed E-state index contributed by atoms with van der Waals surface area (Å²) in [7, 11) is 0. The first kappa shape index (κ1) is 17.3. The molecule has 1 aromatic rings. The zero-order valence-electron chi connectivity index (χ0n) is 15.3. The van der Waals surface area contributed by atoms with Crippen LogP contribution >= 0.6 is 0 Å². The summed E-state index contributed by atoms with van der Waals surface area (Å²) in [4.78, 5) is 0. The molecule has 0 aromatic heterocycles. The van der Waals surface area contributed by atoms with Crippen molar-refractivity contribution in [2.45, 2.75) is 78.8 Å². The van der Waals surface area contributed by atoms with Gasteiger partial charge in [0.2, 0.25) is 0 Å². The van der Waals surface area contributed by atoms with E-state index in [0.29, 0.717) is 11.5 Å². The van der Waals surface area contributed by atoms with E-state index in [-0.39, 0.29) is 5.54 Å². The van der Waals surface area contributed by atoms with Gasteiger partial charge in [-0.1, -0.05) is 32.9 Å². The van der Waals surface area contributed by atoms with Gasteiger partial charge in [0.1, 0.15) is 0 Å². The third-order valence-corrected chi connectivity index (χ3v) is 4.26. The highest BCUT2D eigenvalue weighted by Crippen LogP contribution is 2.28. The average molecular weight is 303 g/mol. The molecule has 0 aliphatic carbocycles. The second-order valence-corrected chi connectivity index (χ2v) is 8.89. The first-order valence-corrected chi connectivity index (χ1v) is 8.78. The van der Waals surface area contributed by atoms with Crippen molar-refractivity contribution in [3.8, 4) is 0 Å². The van der Waals surface area contributed by atoms with Gasteiger partial charge >= 0.3 is 0 Å². The lowest BCUT2D eigenvalue weighted by Gasteiger charge is -2.36. The molecule has 1 aromatic carbocycles. The monoisotopic (exact) mass is 302 g/mol. The van der Waals surface area contributed by atoms with Crippen LogP contribution in [0.3, 0.4) is 0 Å². The molecule has 2 rings (SSSR count). The Morgan fingerprint density at radius 1 is 1.18 bits per heavy atom. The van der Waals surface area contributed by atoms with E-state index in [2.05, 4.69) is 70.4 Å². The summed E-state index contributed by atoms with van der Waals surface area (Å²) in [5.41, 5.74) is 4.81. The van der Waals surface area contributed by atoms with Crippen LogP contribution in [0.4, 0.5) is 5.69 Å². The van der Waals surface area contributed by atoms with Gasteiger partial charge in [0, 0.05) is 23.8 Å². The van der Waals surface area contributed by atoms with Gasteiger partial charge < -0.3 is 10.6 Å². The largest absolute Gasteiger partial charge is 0.385 e. The predicted octanol–water partition coefficient (Wildman–Crippen LogP) is 4.78. The van der Waals surface area contributed by atoms with Crippen LogP contribution < -0.4 is 10.6 Å². The summed E-state index contributed by atoms with van der Waals surface area (Å²) in [6.45, 7) is 15.0. The van der Waals surface area contributed by atoms with Gasteiger partial charge in [-0.15, -0.1) is 0 Å². The van der Waals surface area contributed by atoms with Crippen molar-refractivity contribution in [3.63, 3.8) is 0 Å². The van der Waals surface area contributed by atoms with Crippen LogP contribution in [-0.2, 0) is 12.8 Å². The molecule has 0 fully saturated rings. The van der Waals surface area contributed by atoms with E-state index in [9.17, 15) is 0 Å². The Morgan fingerprint density at radius 2 is 1.91 bits per heavy atom. The molecular formula is C20H34N2. The molecule has 0 bridgehead atoms. The summed E-state index contributed by atoms with van der Waals surface area (Å²) >= 11 is 0. The highest BCUT2D eigenvalue weighted by Gasteiger charge is 2.26.